The fraction of sp³-hybridized carbons (Fsp3) is 0.107. The molecule has 5 aromatic rings. The topological polar surface area (TPSA) is 56.9 Å². The molecule has 10 heteroatoms. The molecule has 1 aliphatic rings. The van der Waals surface area contributed by atoms with Gasteiger partial charge in [-0.15, -0.1) is 0 Å². The summed E-state index contributed by atoms with van der Waals surface area (Å²) in [6.45, 7) is 2.02. The minimum Gasteiger partial charge on any atom is -0.326 e. The molecule has 0 saturated carbocycles. The Hall–Kier alpha value is -4.60. The molecule has 0 aliphatic heterocycles. The first kappa shape index (κ1) is 23.8. The average Bonchev–Trinajstić information content (AvgIpc) is 3.50. The summed E-state index contributed by atoms with van der Waals surface area (Å²) in [5.41, 5.74) is 0.301. The number of hydrogen-bond donors (Lipinski definition) is 0. The van der Waals surface area contributed by atoms with Crippen LogP contribution in [0.15, 0.2) is 48.0 Å². The Labute approximate surface area is 211 Å². The van der Waals surface area contributed by atoms with E-state index in [0.717, 1.165) is 10.8 Å². The third kappa shape index (κ3) is 3.12. The number of benzene rings is 3. The molecule has 6 rings (SSSR count). The van der Waals surface area contributed by atoms with Crippen LogP contribution in [0, 0.1) is 29.1 Å². The van der Waals surface area contributed by atoms with Gasteiger partial charge in [-0.25, -0.2) is 26.9 Å². The lowest BCUT2D eigenvalue weighted by atomic mass is 10.0. The second kappa shape index (κ2) is 8.20. The van der Waals surface area contributed by atoms with Gasteiger partial charge in [-0.05, 0) is 42.0 Å². The third-order valence-electron chi connectivity index (χ3n) is 6.88. The van der Waals surface area contributed by atoms with Crippen molar-refractivity contribution in [1.82, 2.24) is 14.1 Å². The average molecular weight is 521 g/mol. The Kier molecular flexibility index (Phi) is 5.13. The molecule has 0 saturated heterocycles. The van der Waals surface area contributed by atoms with E-state index in [0.29, 0.717) is 22.3 Å². The lowest BCUT2D eigenvalue weighted by molar-refractivity contribution is 0.0990. The summed E-state index contributed by atoms with van der Waals surface area (Å²) < 4.78 is 73.0. The van der Waals surface area contributed by atoms with E-state index >= 15 is 0 Å². The van der Waals surface area contributed by atoms with Crippen LogP contribution in [0.4, 0.5) is 22.0 Å². The molecule has 38 heavy (non-hydrogen) atoms. The van der Waals surface area contributed by atoms with Crippen LogP contribution in [0.1, 0.15) is 33.3 Å². The summed E-state index contributed by atoms with van der Waals surface area (Å²) in [6, 6.07) is 12.3. The largest absolute Gasteiger partial charge is 0.326 e. The predicted molar refractivity (Wildman–Crippen MR) is 130 cm³/mol. The van der Waals surface area contributed by atoms with Gasteiger partial charge < -0.3 is 9.13 Å². The van der Waals surface area contributed by atoms with Gasteiger partial charge in [0.2, 0.25) is 5.82 Å². The first-order valence-corrected chi connectivity index (χ1v) is 11.6. The summed E-state index contributed by atoms with van der Waals surface area (Å²) in [5, 5.41) is 1.64. The number of aromatic nitrogens is 3. The van der Waals surface area contributed by atoms with Crippen molar-refractivity contribution in [3.05, 3.63) is 93.9 Å². The van der Waals surface area contributed by atoms with E-state index in [1.807, 2.05) is 24.3 Å². The summed E-state index contributed by atoms with van der Waals surface area (Å²) in [5.74, 6) is -11.7. The van der Waals surface area contributed by atoms with Crippen LogP contribution in [-0.4, -0.2) is 25.7 Å². The molecule has 0 N–H and O–H groups in total. The van der Waals surface area contributed by atoms with Crippen molar-refractivity contribution in [2.45, 2.75) is 13.5 Å². The molecule has 0 unspecified atom stereocenters. The zero-order chi connectivity index (χ0) is 27.0. The summed E-state index contributed by atoms with van der Waals surface area (Å²) >= 11 is 0. The number of ketones is 2. The van der Waals surface area contributed by atoms with E-state index in [-0.39, 0.29) is 17.8 Å². The Bertz CT molecular complexity index is 1830. The summed E-state index contributed by atoms with van der Waals surface area (Å²) in [7, 11) is 1.37. The number of carbonyl (C=O) groups is 2. The molecule has 190 valence electrons. The van der Waals surface area contributed by atoms with Gasteiger partial charge in [0.15, 0.2) is 40.5 Å². The highest BCUT2D eigenvalue weighted by atomic mass is 19.2. The second-order valence-electron chi connectivity index (χ2n) is 8.92. The van der Waals surface area contributed by atoms with Crippen molar-refractivity contribution in [2.75, 3.05) is 0 Å². The van der Waals surface area contributed by atoms with Crippen LogP contribution in [0.2, 0.25) is 0 Å². The number of halogens is 5. The van der Waals surface area contributed by atoms with Gasteiger partial charge >= 0.3 is 0 Å². The van der Waals surface area contributed by atoms with Gasteiger partial charge in [0, 0.05) is 30.4 Å². The number of imidazole rings is 1. The maximum absolute atomic E-state index is 14.5. The van der Waals surface area contributed by atoms with Crippen LogP contribution in [0.3, 0.4) is 0 Å². The van der Waals surface area contributed by atoms with Crippen LogP contribution in [-0.2, 0) is 13.6 Å². The smallest absolute Gasteiger partial charge is 0.200 e. The lowest BCUT2D eigenvalue weighted by Gasteiger charge is -2.08. The minimum absolute atomic E-state index is 0.0483. The van der Waals surface area contributed by atoms with Gasteiger partial charge in [0.1, 0.15) is 5.82 Å². The lowest BCUT2D eigenvalue weighted by Crippen LogP contribution is -2.07. The molecule has 1 aliphatic carbocycles. The second-order valence-corrected chi connectivity index (χ2v) is 8.92. The van der Waals surface area contributed by atoms with E-state index in [4.69, 9.17) is 0 Å². The molecule has 5 nitrogen and oxygen atoms in total. The zero-order valence-electron chi connectivity index (χ0n) is 19.9. The molecular formula is C28H16F5N3O2. The fourth-order valence-electron chi connectivity index (χ4n) is 4.96. The van der Waals surface area contributed by atoms with Gasteiger partial charge in [0.25, 0.3) is 0 Å². The molecular weight excluding hydrogens is 505 g/mol. The standard InChI is InChI=1S/C28H16F5N3O2/c1-3-36-14(10-17-25(37)15-8-12-6-4-5-7-13(12)9-16(15)26(17)38)11-18-27(36)34-28(35(18)2)19-20(29)22(31)24(33)23(32)21(19)30/h4-11H,3H2,1-2H3. The van der Waals surface area contributed by atoms with E-state index in [1.165, 1.54) is 23.8 Å². The highest BCUT2D eigenvalue weighted by molar-refractivity contribution is 6.42. The Morgan fingerprint density at radius 1 is 0.816 bits per heavy atom. The van der Waals surface area contributed by atoms with Crippen molar-refractivity contribution in [3.8, 4) is 11.4 Å². The number of Topliss-reactive ketones (excluding diaryl/α,β-unsaturated/α-hetero) is 2. The van der Waals surface area contributed by atoms with Crippen molar-refractivity contribution in [2.24, 2.45) is 7.05 Å². The Morgan fingerprint density at radius 3 is 1.87 bits per heavy atom. The monoisotopic (exact) mass is 521 g/mol. The van der Waals surface area contributed by atoms with Crippen LogP contribution in [0.5, 0.6) is 0 Å². The van der Waals surface area contributed by atoms with Crippen molar-refractivity contribution >= 4 is 39.6 Å². The third-order valence-corrected chi connectivity index (χ3v) is 6.88. The maximum Gasteiger partial charge on any atom is 0.200 e. The highest BCUT2D eigenvalue weighted by Crippen LogP contribution is 2.35. The van der Waals surface area contributed by atoms with Gasteiger partial charge in [-0.1, -0.05) is 24.3 Å². The number of carbonyl (C=O) groups excluding carboxylic acids is 2. The predicted octanol–water partition coefficient (Wildman–Crippen LogP) is 6.37. The quantitative estimate of drug-likeness (QED) is 0.0911. The number of aryl methyl sites for hydroxylation is 2. The first-order valence-electron chi connectivity index (χ1n) is 11.6. The fourth-order valence-corrected chi connectivity index (χ4v) is 4.96. The molecule has 0 spiro atoms. The summed E-state index contributed by atoms with van der Waals surface area (Å²) in [4.78, 5) is 30.5. The maximum atomic E-state index is 14.5. The Morgan fingerprint density at radius 2 is 1.34 bits per heavy atom. The molecule has 0 atom stereocenters. The van der Waals surface area contributed by atoms with E-state index in [2.05, 4.69) is 4.98 Å². The molecule has 2 aromatic heterocycles. The van der Waals surface area contributed by atoms with Crippen molar-refractivity contribution in [3.63, 3.8) is 0 Å². The van der Waals surface area contributed by atoms with Crippen molar-refractivity contribution < 1.29 is 31.5 Å². The Balaban J connectivity index is 1.50. The number of rotatable bonds is 3. The van der Waals surface area contributed by atoms with E-state index in [1.54, 1.807) is 23.6 Å². The number of nitrogens with zero attached hydrogens (tertiary/aromatic N) is 3. The number of allylic oxidation sites excluding steroid dienone is 1. The molecule has 2 heterocycles. The zero-order valence-corrected chi connectivity index (χ0v) is 19.9. The van der Waals surface area contributed by atoms with Crippen LogP contribution in [0.25, 0.3) is 39.4 Å². The summed E-state index contributed by atoms with van der Waals surface area (Å²) in [6.07, 6.45) is 1.43. The number of fused-ring (bicyclic) bond motifs is 3. The van der Waals surface area contributed by atoms with E-state index < -0.39 is 52.0 Å². The van der Waals surface area contributed by atoms with Crippen LogP contribution < -0.4 is 0 Å². The number of hydrogen-bond acceptors (Lipinski definition) is 3. The van der Waals surface area contributed by atoms with Crippen LogP contribution >= 0.6 is 0 Å². The van der Waals surface area contributed by atoms with Crippen molar-refractivity contribution in [1.29, 1.82) is 0 Å². The van der Waals surface area contributed by atoms with E-state index in [9.17, 15) is 31.5 Å². The van der Waals surface area contributed by atoms with Gasteiger partial charge in [0.05, 0.1) is 16.7 Å². The molecule has 0 fully saturated rings. The molecule has 0 amide bonds. The first-order chi connectivity index (χ1) is 18.1. The minimum atomic E-state index is -2.26. The molecule has 0 radical (unpaired) electrons. The molecule has 0 bridgehead atoms. The van der Waals surface area contributed by atoms with Gasteiger partial charge in [-0.3, -0.25) is 9.59 Å². The molecule has 3 aromatic carbocycles. The van der Waals surface area contributed by atoms with Gasteiger partial charge in [-0.2, -0.15) is 0 Å². The SMILES string of the molecule is CCn1c(C=C2C(=O)c3cc4ccccc4cc3C2=O)cc2c1nc(-c1c(F)c(F)c(F)c(F)c1F)n2C. The highest BCUT2D eigenvalue weighted by Gasteiger charge is 2.34. The normalized spacial score (nSPS) is 13.3.